The Morgan fingerprint density at radius 1 is 1.24 bits per heavy atom. The number of pyridine rings is 1. The molecule has 8 heteroatoms. The van der Waals surface area contributed by atoms with E-state index in [0.29, 0.717) is 11.3 Å². The number of rotatable bonds is 3. The van der Waals surface area contributed by atoms with Gasteiger partial charge in [-0.1, -0.05) is 0 Å². The van der Waals surface area contributed by atoms with Crippen molar-refractivity contribution in [2.45, 2.75) is 38.9 Å². The summed E-state index contributed by atoms with van der Waals surface area (Å²) < 4.78 is 11.8. The van der Waals surface area contributed by atoms with Crippen LogP contribution in [0, 0.1) is 10.1 Å². The predicted octanol–water partition coefficient (Wildman–Crippen LogP) is 1.35. The second-order valence-electron chi connectivity index (χ2n) is 6.35. The molecule has 1 saturated heterocycles. The Bertz CT molecular complexity index is 559. The van der Waals surface area contributed by atoms with E-state index in [1.807, 2.05) is 27.7 Å². The summed E-state index contributed by atoms with van der Waals surface area (Å²) in [6, 6.07) is 1.46. The van der Waals surface area contributed by atoms with Crippen molar-refractivity contribution >= 4 is 24.1 Å². The van der Waals surface area contributed by atoms with Crippen molar-refractivity contribution in [2.24, 2.45) is 0 Å². The van der Waals surface area contributed by atoms with Crippen LogP contribution in [0.2, 0.25) is 0 Å². The van der Waals surface area contributed by atoms with Crippen LogP contribution in [0.1, 0.15) is 27.7 Å². The Kier molecular flexibility index (Phi) is 3.71. The lowest BCUT2D eigenvalue weighted by Crippen LogP contribution is -2.41. The molecular formula is C13H20BN3O4. The van der Waals surface area contributed by atoms with Gasteiger partial charge in [0.2, 0.25) is 5.82 Å². The topological polar surface area (TPSA) is 77.7 Å². The van der Waals surface area contributed by atoms with Gasteiger partial charge in [-0.2, -0.15) is 0 Å². The quantitative estimate of drug-likeness (QED) is 0.475. The van der Waals surface area contributed by atoms with Crippen molar-refractivity contribution in [3.8, 4) is 0 Å². The average Bonchev–Trinajstić information content (AvgIpc) is 2.57. The van der Waals surface area contributed by atoms with E-state index in [4.69, 9.17) is 9.31 Å². The highest BCUT2D eigenvalue weighted by atomic mass is 16.7. The van der Waals surface area contributed by atoms with Crippen molar-refractivity contribution in [2.75, 3.05) is 19.0 Å². The van der Waals surface area contributed by atoms with E-state index >= 15 is 0 Å². The van der Waals surface area contributed by atoms with Gasteiger partial charge in [0, 0.05) is 31.8 Å². The van der Waals surface area contributed by atoms with Crippen molar-refractivity contribution in [1.29, 1.82) is 0 Å². The highest BCUT2D eigenvalue weighted by Gasteiger charge is 2.52. The maximum absolute atomic E-state index is 11.2. The molecule has 0 bridgehead atoms. The predicted molar refractivity (Wildman–Crippen MR) is 80.9 cm³/mol. The van der Waals surface area contributed by atoms with E-state index < -0.39 is 23.2 Å². The molecule has 1 aromatic rings. The van der Waals surface area contributed by atoms with Crippen LogP contribution in [-0.2, 0) is 9.31 Å². The van der Waals surface area contributed by atoms with Crippen molar-refractivity contribution in [1.82, 2.24) is 4.98 Å². The monoisotopic (exact) mass is 293 g/mol. The number of hydrogen-bond acceptors (Lipinski definition) is 6. The first-order valence-electron chi connectivity index (χ1n) is 6.72. The summed E-state index contributed by atoms with van der Waals surface area (Å²) in [4.78, 5) is 16.5. The second-order valence-corrected chi connectivity index (χ2v) is 6.35. The minimum absolute atomic E-state index is 0.0628. The summed E-state index contributed by atoms with van der Waals surface area (Å²) in [5.41, 5.74) is -0.502. The third kappa shape index (κ3) is 2.73. The van der Waals surface area contributed by atoms with Gasteiger partial charge in [-0.3, -0.25) is 10.1 Å². The molecular weight excluding hydrogens is 273 g/mol. The Balaban J connectivity index is 2.39. The van der Waals surface area contributed by atoms with Gasteiger partial charge in [0.05, 0.1) is 16.1 Å². The number of aromatic nitrogens is 1. The maximum atomic E-state index is 11.2. The van der Waals surface area contributed by atoms with Crippen LogP contribution in [0.5, 0.6) is 0 Å². The molecule has 0 atom stereocenters. The molecule has 1 aliphatic heterocycles. The van der Waals surface area contributed by atoms with Gasteiger partial charge in [-0.05, 0) is 27.7 Å². The first kappa shape index (κ1) is 15.7. The third-order valence-corrected chi connectivity index (χ3v) is 4.01. The highest BCUT2D eigenvalue weighted by Crippen LogP contribution is 2.36. The largest absolute Gasteiger partial charge is 0.496 e. The smallest absolute Gasteiger partial charge is 0.399 e. The fraction of sp³-hybridized carbons (Fsp3) is 0.615. The molecule has 0 N–H and O–H groups in total. The number of nitrogens with zero attached hydrogens (tertiary/aromatic N) is 3. The minimum Gasteiger partial charge on any atom is -0.399 e. The summed E-state index contributed by atoms with van der Waals surface area (Å²) in [6.07, 6.45) is 1.56. The SMILES string of the molecule is CN(C)c1ncc(B2OC(C)(C)C(C)(C)O2)cc1[N+](=O)[O-]. The number of hydrogen-bond donors (Lipinski definition) is 0. The lowest BCUT2D eigenvalue weighted by Gasteiger charge is -2.32. The Hall–Kier alpha value is -1.67. The van der Waals surface area contributed by atoms with Gasteiger partial charge >= 0.3 is 12.8 Å². The minimum atomic E-state index is -0.655. The van der Waals surface area contributed by atoms with Crippen LogP contribution in [0.3, 0.4) is 0 Å². The maximum Gasteiger partial charge on any atom is 0.496 e. The molecule has 1 fully saturated rings. The summed E-state index contributed by atoms with van der Waals surface area (Å²) in [5, 5.41) is 11.2. The van der Waals surface area contributed by atoms with E-state index in [1.54, 1.807) is 25.2 Å². The van der Waals surface area contributed by atoms with Crippen LogP contribution < -0.4 is 10.4 Å². The van der Waals surface area contributed by atoms with E-state index in [9.17, 15) is 10.1 Å². The van der Waals surface area contributed by atoms with E-state index in [0.717, 1.165) is 0 Å². The Morgan fingerprint density at radius 2 is 1.76 bits per heavy atom. The second kappa shape index (κ2) is 4.96. The summed E-state index contributed by atoms with van der Waals surface area (Å²) >= 11 is 0. The molecule has 2 rings (SSSR count). The van der Waals surface area contributed by atoms with Crippen LogP contribution >= 0.6 is 0 Å². The zero-order valence-corrected chi connectivity index (χ0v) is 13.2. The number of nitro groups is 1. The zero-order valence-electron chi connectivity index (χ0n) is 13.2. The standard InChI is InChI=1S/C13H20BN3O4/c1-12(2)13(3,4)21-14(20-12)9-7-10(17(18)19)11(15-8-9)16(5)6/h7-8H,1-6H3. The van der Waals surface area contributed by atoms with Gasteiger partial charge in [0.25, 0.3) is 0 Å². The molecule has 0 aliphatic carbocycles. The molecule has 0 aromatic carbocycles. The molecule has 2 heterocycles. The molecule has 0 unspecified atom stereocenters. The van der Waals surface area contributed by atoms with Crippen molar-refractivity contribution in [3.63, 3.8) is 0 Å². The van der Waals surface area contributed by atoms with Crippen LogP contribution in [0.4, 0.5) is 11.5 Å². The highest BCUT2D eigenvalue weighted by molar-refractivity contribution is 6.62. The van der Waals surface area contributed by atoms with Gasteiger partial charge in [0.1, 0.15) is 0 Å². The average molecular weight is 293 g/mol. The van der Waals surface area contributed by atoms with Crippen molar-refractivity contribution in [3.05, 3.63) is 22.4 Å². The molecule has 0 spiro atoms. The fourth-order valence-corrected chi connectivity index (χ4v) is 2.05. The summed E-state index contributed by atoms with van der Waals surface area (Å²) in [5.74, 6) is 0.306. The zero-order chi connectivity index (χ0) is 16.0. The molecule has 21 heavy (non-hydrogen) atoms. The van der Waals surface area contributed by atoms with Gasteiger partial charge in [0.15, 0.2) is 0 Å². The lowest BCUT2D eigenvalue weighted by molar-refractivity contribution is -0.384. The van der Waals surface area contributed by atoms with Gasteiger partial charge < -0.3 is 14.2 Å². The summed E-state index contributed by atoms with van der Waals surface area (Å²) in [7, 11) is 2.77. The first-order chi connectivity index (χ1) is 9.55. The molecule has 0 radical (unpaired) electrons. The van der Waals surface area contributed by atoms with Crippen LogP contribution in [0.25, 0.3) is 0 Å². The van der Waals surface area contributed by atoms with Gasteiger partial charge in [-0.15, -0.1) is 0 Å². The Labute approximate surface area is 124 Å². The molecule has 0 saturated carbocycles. The molecule has 1 aliphatic rings. The lowest BCUT2D eigenvalue weighted by atomic mass is 9.80. The van der Waals surface area contributed by atoms with Crippen LogP contribution in [0.15, 0.2) is 12.3 Å². The van der Waals surface area contributed by atoms with E-state index in [-0.39, 0.29) is 5.69 Å². The molecule has 114 valence electrons. The fourth-order valence-electron chi connectivity index (χ4n) is 2.05. The van der Waals surface area contributed by atoms with Crippen molar-refractivity contribution < 1.29 is 14.2 Å². The molecule has 1 aromatic heterocycles. The summed E-state index contributed by atoms with van der Waals surface area (Å²) in [6.45, 7) is 7.73. The third-order valence-electron chi connectivity index (χ3n) is 4.01. The number of anilines is 1. The van der Waals surface area contributed by atoms with Gasteiger partial charge in [-0.25, -0.2) is 4.98 Å². The first-order valence-corrected chi connectivity index (χ1v) is 6.72. The normalized spacial score (nSPS) is 19.6. The molecule has 0 amide bonds. The van der Waals surface area contributed by atoms with E-state index in [1.165, 1.54) is 6.07 Å². The molecule has 7 nitrogen and oxygen atoms in total. The van der Waals surface area contributed by atoms with Crippen LogP contribution in [-0.4, -0.2) is 42.3 Å². The Morgan fingerprint density at radius 3 is 2.19 bits per heavy atom. The van der Waals surface area contributed by atoms with E-state index in [2.05, 4.69) is 4.98 Å².